The first-order valence-electron chi connectivity index (χ1n) is 6.35. The fourth-order valence-electron chi connectivity index (χ4n) is 2.00. The van der Waals surface area contributed by atoms with Gasteiger partial charge in [-0.05, 0) is 36.6 Å². The van der Waals surface area contributed by atoms with Gasteiger partial charge in [-0.25, -0.2) is 8.78 Å². The van der Waals surface area contributed by atoms with Crippen molar-refractivity contribution in [3.8, 4) is 11.1 Å². The van der Waals surface area contributed by atoms with E-state index < -0.39 is 11.6 Å². The molecule has 1 aromatic carbocycles. The molecule has 1 aromatic heterocycles. The number of nitrogens with one attached hydrogen (secondary N) is 1. The zero-order valence-corrected chi connectivity index (χ0v) is 10.4. The molecule has 3 rings (SSSR count). The minimum absolute atomic E-state index is 0.377. The van der Waals surface area contributed by atoms with E-state index in [2.05, 4.69) is 10.3 Å². The predicted molar refractivity (Wildman–Crippen MR) is 69.5 cm³/mol. The van der Waals surface area contributed by atoms with Crippen LogP contribution in [0.4, 0.5) is 8.78 Å². The molecule has 19 heavy (non-hydrogen) atoms. The Morgan fingerprint density at radius 3 is 2.74 bits per heavy atom. The topological polar surface area (TPSA) is 24.9 Å². The lowest BCUT2D eigenvalue weighted by molar-refractivity contribution is 0.585. The average molecular weight is 260 g/mol. The highest BCUT2D eigenvalue weighted by Gasteiger charge is 2.20. The molecule has 98 valence electrons. The summed E-state index contributed by atoms with van der Waals surface area (Å²) in [6.07, 6.45) is 5.80. The van der Waals surface area contributed by atoms with Crippen molar-refractivity contribution in [2.75, 3.05) is 0 Å². The lowest BCUT2D eigenvalue weighted by Crippen LogP contribution is -2.15. The molecule has 0 unspecified atom stereocenters. The lowest BCUT2D eigenvalue weighted by atomic mass is 10.1. The molecule has 0 spiro atoms. The van der Waals surface area contributed by atoms with Crippen LogP contribution in [0.15, 0.2) is 36.7 Å². The summed E-state index contributed by atoms with van der Waals surface area (Å²) in [6, 6.07) is 6.10. The number of aromatic nitrogens is 1. The molecule has 2 aromatic rings. The first-order valence-corrected chi connectivity index (χ1v) is 6.35. The standard InChI is InChI=1S/C15H14F2N2/c16-12-1-4-14(15(17)6-12)11-5-10(7-18-9-11)8-19-13-2-3-13/h1,4-7,9,13,19H,2-3,8H2. The molecule has 0 atom stereocenters. The minimum Gasteiger partial charge on any atom is -0.310 e. The molecule has 0 saturated heterocycles. The van der Waals surface area contributed by atoms with Crippen molar-refractivity contribution in [1.82, 2.24) is 10.3 Å². The summed E-state index contributed by atoms with van der Waals surface area (Å²) in [5, 5.41) is 3.38. The zero-order chi connectivity index (χ0) is 13.2. The lowest BCUT2D eigenvalue weighted by Gasteiger charge is -2.07. The Kier molecular flexibility index (Phi) is 3.25. The number of hydrogen-bond donors (Lipinski definition) is 1. The van der Waals surface area contributed by atoms with Gasteiger partial charge in [0.25, 0.3) is 0 Å². The first kappa shape index (κ1) is 12.2. The maximum Gasteiger partial charge on any atom is 0.133 e. The second-order valence-electron chi connectivity index (χ2n) is 4.86. The van der Waals surface area contributed by atoms with Crippen molar-refractivity contribution in [2.45, 2.75) is 25.4 Å². The maximum atomic E-state index is 13.7. The van der Waals surface area contributed by atoms with Crippen molar-refractivity contribution in [3.05, 3.63) is 53.9 Å². The average Bonchev–Trinajstić information content (AvgIpc) is 3.21. The van der Waals surface area contributed by atoms with Crippen LogP contribution < -0.4 is 5.32 Å². The van der Waals surface area contributed by atoms with E-state index in [0.29, 0.717) is 17.2 Å². The molecule has 1 aliphatic rings. The van der Waals surface area contributed by atoms with Gasteiger partial charge in [-0.1, -0.05) is 0 Å². The van der Waals surface area contributed by atoms with Crippen molar-refractivity contribution in [2.24, 2.45) is 0 Å². The second-order valence-corrected chi connectivity index (χ2v) is 4.86. The largest absolute Gasteiger partial charge is 0.310 e. The summed E-state index contributed by atoms with van der Waals surface area (Å²) in [6.45, 7) is 0.730. The molecule has 1 aliphatic carbocycles. The number of rotatable bonds is 4. The van der Waals surface area contributed by atoms with Crippen LogP contribution >= 0.6 is 0 Å². The van der Waals surface area contributed by atoms with Crippen molar-refractivity contribution in [3.63, 3.8) is 0 Å². The number of halogens is 2. The molecule has 1 saturated carbocycles. The van der Waals surface area contributed by atoms with Gasteiger partial charge in [0.1, 0.15) is 11.6 Å². The van der Waals surface area contributed by atoms with Gasteiger partial charge in [-0.2, -0.15) is 0 Å². The Balaban J connectivity index is 1.84. The predicted octanol–water partition coefficient (Wildman–Crippen LogP) is 3.28. The summed E-state index contributed by atoms with van der Waals surface area (Å²) in [4.78, 5) is 4.12. The van der Waals surface area contributed by atoms with Crippen LogP contribution in [-0.4, -0.2) is 11.0 Å². The number of nitrogens with zero attached hydrogens (tertiary/aromatic N) is 1. The van der Waals surface area contributed by atoms with E-state index >= 15 is 0 Å². The summed E-state index contributed by atoms with van der Waals surface area (Å²) in [7, 11) is 0. The smallest absolute Gasteiger partial charge is 0.133 e. The van der Waals surface area contributed by atoms with Crippen molar-refractivity contribution in [1.29, 1.82) is 0 Å². The first-order chi connectivity index (χ1) is 9.22. The van der Waals surface area contributed by atoms with Gasteiger partial charge in [-0.15, -0.1) is 0 Å². The molecule has 4 heteroatoms. The van der Waals surface area contributed by atoms with Crippen molar-refractivity contribution < 1.29 is 8.78 Å². The molecule has 2 nitrogen and oxygen atoms in total. The summed E-state index contributed by atoms with van der Waals surface area (Å²) in [5.74, 6) is -1.13. The third-order valence-corrected chi connectivity index (χ3v) is 3.21. The summed E-state index contributed by atoms with van der Waals surface area (Å²) < 4.78 is 26.6. The van der Waals surface area contributed by atoms with Crippen LogP contribution in [0.2, 0.25) is 0 Å². The number of benzene rings is 1. The Hall–Kier alpha value is -1.81. The van der Waals surface area contributed by atoms with Gasteiger partial charge in [0.2, 0.25) is 0 Å². The van der Waals surface area contributed by atoms with E-state index in [4.69, 9.17) is 0 Å². The molecule has 0 radical (unpaired) electrons. The monoisotopic (exact) mass is 260 g/mol. The zero-order valence-electron chi connectivity index (χ0n) is 10.4. The fraction of sp³-hybridized carbons (Fsp3) is 0.267. The van der Waals surface area contributed by atoms with E-state index in [1.54, 1.807) is 12.4 Å². The third-order valence-electron chi connectivity index (χ3n) is 3.21. The maximum absolute atomic E-state index is 13.7. The van der Waals surface area contributed by atoms with E-state index in [9.17, 15) is 8.78 Å². The minimum atomic E-state index is -0.569. The van der Waals surface area contributed by atoms with Crippen LogP contribution in [0.3, 0.4) is 0 Å². The highest BCUT2D eigenvalue weighted by atomic mass is 19.1. The molecule has 0 amide bonds. The van der Waals surface area contributed by atoms with Gasteiger partial charge in [0.05, 0.1) is 0 Å². The van der Waals surface area contributed by atoms with Crippen LogP contribution in [0, 0.1) is 11.6 Å². The molecular formula is C15H14F2N2. The van der Waals surface area contributed by atoms with Gasteiger partial charge >= 0.3 is 0 Å². The molecule has 1 N–H and O–H groups in total. The van der Waals surface area contributed by atoms with E-state index in [-0.39, 0.29) is 0 Å². The Bertz CT molecular complexity index is 594. The highest BCUT2D eigenvalue weighted by Crippen LogP contribution is 2.24. The van der Waals surface area contributed by atoms with Crippen LogP contribution in [0.5, 0.6) is 0 Å². The SMILES string of the molecule is Fc1ccc(-c2cncc(CNC3CC3)c2)c(F)c1. The quantitative estimate of drug-likeness (QED) is 0.912. The van der Waals surface area contributed by atoms with Gasteiger partial charge in [-0.3, -0.25) is 4.98 Å². The van der Waals surface area contributed by atoms with E-state index in [1.165, 1.54) is 25.0 Å². The van der Waals surface area contributed by atoms with E-state index in [0.717, 1.165) is 18.2 Å². The Morgan fingerprint density at radius 1 is 1.16 bits per heavy atom. The van der Waals surface area contributed by atoms with Gasteiger partial charge in [0.15, 0.2) is 0 Å². The van der Waals surface area contributed by atoms with Gasteiger partial charge in [0, 0.05) is 42.2 Å². The van der Waals surface area contributed by atoms with Crippen LogP contribution in [0.25, 0.3) is 11.1 Å². The van der Waals surface area contributed by atoms with Crippen LogP contribution in [-0.2, 0) is 6.54 Å². The molecule has 1 heterocycles. The summed E-state index contributed by atoms with van der Waals surface area (Å²) in [5.41, 5.74) is 2.06. The highest BCUT2D eigenvalue weighted by molar-refractivity contribution is 5.63. The Labute approximate surface area is 110 Å². The Morgan fingerprint density at radius 2 is 2.00 bits per heavy atom. The number of pyridine rings is 1. The molecule has 1 fully saturated rings. The normalized spacial score (nSPS) is 14.6. The fourth-order valence-corrected chi connectivity index (χ4v) is 2.00. The number of hydrogen-bond acceptors (Lipinski definition) is 2. The molecule has 0 aliphatic heterocycles. The third kappa shape index (κ3) is 2.96. The molecular weight excluding hydrogens is 246 g/mol. The molecule has 0 bridgehead atoms. The second kappa shape index (κ2) is 5.05. The van der Waals surface area contributed by atoms with Crippen molar-refractivity contribution >= 4 is 0 Å². The van der Waals surface area contributed by atoms with E-state index in [1.807, 2.05) is 6.07 Å². The van der Waals surface area contributed by atoms with Crippen LogP contribution in [0.1, 0.15) is 18.4 Å². The summed E-state index contributed by atoms with van der Waals surface area (Å²) >= 11 is 0. The van der Waals surface area contributed by atoms with Gasteiger partial charge < -0.3 is 5.32 Å².